The van der Waals surface area contributed by atoms with Crippen LogP contribution in [0.3, 0.4) is 0 Å². The zero-order valence-electron chi connectivity index (χ0n) is 6.15. The lowest BCUT2D eigenvalue weighted by atomic mass is 9.95. The Hall–Kier alpha value is -0.730. The van der Waals surface area contributed by atoms with Crippen molar-refractivity contribution in [3.63, 3.8) is 0 Å². The lowest BCUT2D eigenvalue weighted by Crippen LogP contribution is -2.31. The highest BCUT2D eigenvalue weighted by Gasteiger charge is 2.20. The van der Waals surface area contributed by atoms with E-state index in [9.17, 15) is 0 Å². The largest absolute Gasteiger partial charge is 0.353 e. The van der Waals surface area contributed by atoms with Gasteiger partial charge in [-0.1, -0.05) is 20.8 Å². The summed E-state index contributed by atoms with van der Waals surface area (Å²) in [6.07, 6.45) is 0. The topological polar surface area (TPSA) is 36.4 Å². The van der Waals surface area contributed by atoms with Gasteiger partial charge in [0.05, 0.1) is 0 Å². The highest BCUT2D eigenvalue weighted by molar-refractivity contribution is 5.87. The van der Waals surface area contributed by atoms with Crippen molar-refractivity contribution in [2.75, 3.05) is 6.67 Å². The maximum Gasteiger partial charge on any atom is 0.129 e. The van der Waals surface area contributed by atoms with Gasteiger partial charge >= 0.3 is 0 Å². The van der Waals surface area contributed by atoms with Gasteiger partial charge in [-0.2, -0.15) is 5.10 Å². The van der Waals surface area contributed by atoms with Crippen molar-refractivity contribution in [3.8, 4) is 0 Å². The maximum atomic E-state index is 4.06. The van der Waals surface area contributed by atoms with Crippen molar-refractivity contribution >= 4 is 5.84 Å². The summed E-state index contributed by atoms with van der Waals surface area (Å²) in [6.45, 7) is 7.16. The molecule has 0 bridgehead atoms. The molecule has 9 heavy (non-hydrogen) atoms. The van der Waals surface area contributed by atoms with Gasteiger partial charge in [-0.3, -0.25) is 5.43 Å². The van der Waals surface area contributed by atoms with E-state index in [1.54, 1.807) is 0 Å². The van der Waals surface area contributed by atoms with Gasteiger partial charge < -0.3 is 5.32 Å². The summed E-state index contributed by atoms with van der Waals surface area (Å²) in [5.41, 5.74) is 3.01. The molecule has 1 aliphatic rings. The fourth-order valence-corrected chi connectivity index (χ4v) is 0.714. The quantitative estimate of drug-likeness (QED) is 0.497. The van der Waals surface area contributed by atoms with Crippen LogP contribution in [0.5, 0.6) is 0 Å². The highest BCUT2D eigenvalue weighted by atomic mass is 15.4. The summed E-state index contributed by atoms with van der Waals surface area (Å²) in [5, 5.41) is 7.20. The van der Waals surface area contributed by atoms with E-state index in [1.165, 1.54) is 0 Å². The summed E-state index contributed by atoms with van der Waals surface area (Å²) in [6, 6.07) is 0. The van der Waals surface area contributed by atoms with Crippen LogP contribution < -0.4 is 10.7 Å². The van der Waals surface area contributed by atoms with Crippen molar-refractivity contribution in [3.05, 3.63) is 0 Å². The number of nitrogens with one attached hydrogen (secondary N) is 2. The standard InChI is InChI=1S/C6H13N3/c1-6(2,3)5-7-4-8-9-5/h8H,4H2,1-3H3,(H,7,9). The Balaban J connectivity index is 2.61. The Labute approximate surface area is 55.5 Å². The van der Waals surface area contributed by atoms with E-state index in [0.717, 1.165) is 12.5 Å². The van der Waals surface area contributed by atoms with Gasteiger partial charge in [-0.05, 0) is 0 Å². The first kappa shape index (κ1) is 6.39. The SMILES string of the molecule is CC(C)(C)C1=NNCN1. The van der Waals surface area contributed by atoms with Gasteiger partial charge in [0.2, 0.25) is 0 Å². The second-order valence-electron chi connectivity index (χ2n) is 3.22. The number of hydrazone groups is 1. The van der Waals surface area contributed by atoms with Gasteiger partial charge in [-0.25, -0.2) is 0 Å². The van der Waals surface area contributed by atoms with E-state index in [1.807, 2.05) is 0 Å². The van der Waals surface area contributed by atoms with Crippen LogP contribution >= 0.6 is 0 Å². The molecule has 0 radical (unpaired) electrons. The molecule has 1 aliphatic heterocycles. The summed E-state index contributed by atoms with van der Waals surface area (Å²) in [7, 11) is 0. The van der Waals surface area contributed by atoms with E-state index in [-0.39, 0.29) is 5.41 Å². The highest BCUT2D eigenvalue weighted by Crippen LogP contribution is 2.14. The number of hydrogen-bond donors (Lipinski definition) is 2. The van der Waals surface area contributed by atoms with Gasteiger partial charge in [-0.15, -0.1) is 0 Å². The first-order chi connectivity index (χ1) is 4.11. The van der Waals surface area contributed by atoms with E-state index >= 15 is 0 Å². The Bertz CT molecular complexity index is 132. The molecule has 0 unspecified atom stereocenters. The zero-order valence-corrected chi connectivity index (χ0v) is 6.15. The Morgan fingerprint density at radius 3 is 2.33 bits per heavy atom. The number of hydrogen-bond acceptors (Lipinski definition) is 3. The van der Waals surface area contributed by atoms with Crippen LogP contribution in [0.4, 0.5) is 0 Å². The molecule has 3 heteroatoms. The Morgan fingerprint density at radius 1 is 1.44 bits per heavy atom. The van der Waals surface area contributed by atoms with Crippen LogP contribution in [0.1, 0.15) is 20.8 Å². The fourth-order valence-electron chi connectivity index (χ4n) is 0.714. The summed E-state index contributed by atoms with van der Waals surface area (Å²) < 4.78 is 0. The molecule has 0 amide bonds. The molecule has 2 N–H and O–H groups in total. The van der Waals surface area contributed by atoms with Crippen molar-refractivity contribution < 1.29 is 0 Å². The Kier molecular flexibility index (Phi) is 1.35. The second kappa shape index (κ2) is 1.90. The lowest BCUT2D eigenvalue weighted by molar-refractivity contribution is 0.575. The minimum absolute atomic E-state index is 0.156. The first-order valence-corrected chi connectivity index (χ1v) is 3.15. The maximum absolute atomic E-state index is 4.06. The van der Waals surface area contributed by atoms with Gasteiger partial charge in [0.25, 0.3) is 0 Å². The van der Waals surface area contributed by atoms with Crippen LogP contribution in [-0.2, 0) is 0 Å². The molecule has 0 aromatic heterocycles. The van der Waals surface area contributed by atoms with E-state index in [0.29, 0.717) is 0 Å². The fraction of sp³-hybridized carbons (Fsp3) is 0.833. The molecule has 0 fully saturated rings. The van der Waals surface area contributed by atoms with Crippen molar-refractivity contribution in [1.82, 2.24) is 10.7 Å². The molecule has 3 nitrogen and oxygen atoms in total. The van der Waals surface area contributed by atoms with E-state index in [2.05, 4.69) is 36.6 Å². The molecular formula is C6H13N3. The molecule has 1 heterocycles. The third-order valence-corrected chi connectivity index (χ3v) is 1.24. The second-order valence-corrected chi connectivity index (χ2v) is 3.22. The zero-order chi connectivity index (χ0) is 6.91. The molecule has 0 aromatic carbocycles. The average Bonchev–Trinajstić information content (AvgIpc) is 2.08. The normalized spacial score (nSPS) is 18.3. The van der Waals surface area contributed by atoms with Crippen LogP contribution in [0.15, 0.2) is 5.10 Å². The van der Waals surface area contributed by atoms with E-state index < -0.39 is 0 Å². The first-order valence-electron chi connectivity index (χ1n) is 3.15. The smallest absolute Gasteiger partial charge is 0.129 e. The van der Waals surface area contributed by atoms with Crippen LogP contribution in [0, 0.1) is 5.41 Å². The van der Waals surface area contributed by atoms with Crippen molar-refractivity contribution in [2.45, 2.75) is 20.8 Å². The molecule has 0 aliphatic carbocycles. The lowest BCUT2D eigenvalue weighted by Gasteiger charge is -2.16. The molecule has 0 spiro atoms. The predicted octanol–water partition coefficient (Wildman–Crippen LogP) is 0.496. The molecule has 0 saturated heterocycles. The number of nitrogens with zero attached hydrogens (tertiary/aromatic N) is 1. The van der Waals surface area contributed by atoms with Crippen LogP contribution in [-0.4, -0.2) is 12.5 Å². The van der Waals surface area contributed by atoms with Gasteiger partial charge in [0, 0.05) is 5.41 Å². The summed E-state index contributed by atoms with van der Waals surface area (Å²) in [5.74, 6) is 1.04. The minimum atomic E-state index is 0.156. The monoisotopic (exact) mass is 127 g/mol. The molecular weight excluding hydrogens is 114 g/mol. The van der Waals surface area contributed by atoms with Crippen molar-refractivity contribution in [1.29, 1.82) is 0 Å². The number of amidine groups is 1. The molecule has 0 saturated carbocycles. The molecule has 0 atom stereocenters. The van der Waals surface area contributed by atoms with Crippen molar-refractivity contribution in [2.24, 2.45) is 10.5 Å². The minimum Gasteiger partial charge on any atom is -0.353 e. The molecule has 1 rings (SSSR count). The van der Waals surface area contributed by atoms with Crippen LogP contribution in [0.2, 0.25) is 0 Å². The third-order valence-electron chi connectivity index (χ3n) is 1.24. The predicted molar refractivity (Wildman–Crippen MR) is 38.0 cm³/mol. The third kappa shape index (κ3) is 1.34. The average molecular weight is 127 g/mol. The Morgan fingerprint density at radius 2 is 2.11 bits per heavy atom. The van der Waals surface area contributed by atoms with Gasteiger partial charge in [0.1, 0.15) is 12.5 Å². The van der Waals surface area contributed by atoms with E-state index in [4.69, 9.17) is 0 Å². The molecule has 52 valence electrons. The van der Waals surface area contributed by atoms with Crippen LogP contribution in [0.25, 0.3) is 0 Å². The van der Waals surface area contributed by atoms with Gasteiger partial charge in [0.15, 0.2) is 0 Å². The summed E-state index contributed by atoms with van der Waals surface area (Å²) in [4.78, 5) is 0. The summed E-state index contributed by atoms with van der Waals surface area (Å²) >= 11 is 0. The number of rotatable bonds is 0. The molecule has 0 aromatic rings.